The van der Waals surface area contributed by atoms with Crippen molar-refractivity contribution in [2.45, 2.75) is 25.8 Å². The Kier molecular flexibility index (Phi) is 3.22. The number of hydrogen-bond donors (Lipinski definition) is 0. The van der Waals surface area contributed by atoms with Crippen molar-refractivity contribution in [3.8, 4) is 0 Å². The van der Waals surface area contributed by atoms with Gasteiger partial charge in [0.2, 0.25) is 0 Å². The number of aryl methyl sites for hydroxylation is 2. The van der Waals surface area contributed by atoms with E-state index in [-0.39, 0.29) is 0 Å². The lowest BCUT2D eigenvalue weighted by Crippen LogP contribution is -2.18. The zero-order valence-electron chi connectivity index (χ0n) is 11.0. The average molecular weight is 261 g/mol. The van der Waals surface area contributed by atoms with E-state index in [4.69, 9.17) is 0 Å². The van der Waals surface area contributed by atoms with Crippen LogP contribution in [0, 0.1) is 6.92 Å². The maximum atomic E-state index is 4.27. The topological polar surface area (TPSA) is 21.1 Å². The molecule has 3 rings (SSSR count). The van der Waals surface area contributed by atoms with Gasteiger partial charge in [-0.2, -0.15) is 5.10 Å². The Balaban J connectivity index is 1.61. The Morgan fingerprint density at radius 3 is 3.00 bits per heavy atom. The molecular formula is C14H19N3S. The van der Waals surface area contributed by atoms with Crippen LogP contribution in [0.5, 0.6) is 0 Å². The number of nitrogens with zero attached hydrogens (tertiary/aromatic N) is 3. The molecule has 0 aromatic carbocycles. The quantitative estimate of drug-likeness (QED) is 0.847. The van der Waals surface area contributed by atoms with Gasteiger partial charge in [0, 0.05) is 42.0 Å². The molecule has 0 saturated carbocycles. The molecule has 1 aliphatic rings. The lowest BCUT2D eigenvalue weighted by Gasteiger charge is -2.14. The minimum atomic E-state index is 0.666. The van der Waals surface area contributed by atoms with Crippen LogP contribution in [0.25, 0.3) is 0 Å². The van der Waals surface area contributed by atoms with E-state index in [2.05, 4.69) is 35.3 Å². The summed E-state index contributed by atoms with van der Waals surface area (Å²) in [6.45, 7) is 5.66. The minimum absolute atomic E-state index is 0.666. The lowest BCUT2D eigenvalue weighted by atomic mass is 10.0. The van der Waals surface area contributed by atoms with Crippen LogP contribution in [-0.4, -0.2) is 27.8 Å². The predicted molar refractivity (Wildman–Crippen MR) is 74.9 cm³/mol. The third kappa shape index (κ3) is 2.49. The summed E-state index contributed by atoms with van der Waals surface area (Å²) in [7, 11) is 1.99. The molecule has 1 aliphatic heterocycles. The molecule has 0 radical (unpaired) electrons. The van der Waals surface area contributed by atoms with Crippen molar-refractivity contribution in [3.05, 3.63) is 39.8 Å². The predicted octanol–water partition coefficient (Wildman–Crippen LogP) is 2.78. The highest BCUT2D eigenvalue weighted by Gasteiger charge is 2.24. The zero-order valence-corrected chi connectivity index (χ0v) is 11.8. The molecule has 1 fully saturated rings. The lowest BCUT2D eigenvalue weighted by molar-refractivity contribution is 0.330. The Hall–Kier alpha value is -1.13. The summed E-state index contributed by atoms with van der Waals surface area (Å²) in [6.07, 6.45) is 5.43. The van der Waals surface area contributed by atoms with E-state index in [1.165, 1.54) is 34.8 Å². The minimum Gasteiger partial charge on any atom is -0.298 e. The van der Waals surface area contributed by atoms with Gasteiger partial charge in [-0.3, -0.25) is 9.58 Å². The van der Waals surface area contributed by atoms with Gasteiger partial charge in [0.15, 0.2) is 0 Å². The molecule has 18 heavy (non-hydrogen) atoms. The first-order valence-electron chi connectivity index (χ1n) is 6.47. The molecule has 3 heterocycles. The standard InChI is InChI=1S/C14H19N3S/c1-11-3-4-14(18-11)10-17-6-5-12(9-17)13-7-15-16(2)8-13/h3-4,7-8,12H,5-6,9-10H2,1-2H3. The molecule has 1 saturated heterocycles. The molecule has 0 N–H and O–H groups in total. The maximum Gasteiger partial charge on any atom is 0.0524 e. The summed E-state index contributed by atoms with van der Waals surface area (Å²) < 4.78 is 1.90. The fourth-order valence-corrected chi connectivity index (χ4v) is 3.62. The van der Waals surface area contributed by atoms with Crippen LogP contribution in [-0.2, 0) is 13.6 Å². The Bertz CT molecular complexity index is 529. The molecular weight excluding hydrogens is 242 g/mol. The van der Waals surface area contributed by atoms with Crippen molar-refractivity contribution in [2.75, 3.05) is 13.1 Å². The monoisotopic (exact) mass is 261 g/mol. The molecule has 0 amide bonds. The van der Waals surface area contributed by atoms with Gasteiger partial charge in [-0.25, -0.2) is 0 Å². The first kappa shape index (κ1) is 11.9. The van der Waals surface area contributed by atoms with Crippen LogP contribution >= 0.6 is 11.3 Å². The normalized spacial score (nSPS) is 20.7. The highest BCUT2D eigenvalue weighted by molar-refractivity contribution is 7.11. The van der Waals surface area contributed by atoms with Crippen LogP contribution in [0.1, 0.15) is 27.7 Å². The SMILES string of the molecule is Cc1ccc(CN2CCC(c3cnn(C)c3)C2)s1. The number of rotatable bonds is 3. The first-order chi connectivity index (χ1) is 8.70. The van der Waals surface area contributed by atoms with Crippen LogP contribution in [0.2, 0.25) is 0 Å². The molecule has 0 aliphatic carbocycles. The Morgan fingerprint density at radius 2 is 2.33 bits per heavy atom. The average Bonchev–Trinajstić information content (AvgIpc) is 3.01. The van der Waals surface area contributed by atoms with Gasteiger partial charge in [-0.05, 0) is 37.6 Å². The Morgan fingerprint density at radius 1 is 1.44 bits per heavy atom. The first-order valence-corrected chi connectivity index (χ1v) is 7.28. The zero-order chi connectivity index (χ0) is 12.5. The molecule has 0 spiro atoms. The van der Waals surface area contributed by atoms with Gasteiger partial charge in [0.1, 0.15) is 0 Å². The summed E-state index contributed by atoms with van der Waals surface area (Å²) in [4.78, 5) is 5.45. The van der Waals surface area contributed by atoms with Gasteiger partial charge in [0.05, 0.1) is 6.20 Å². The van der Waals surface area contributed by atoms with E-state index in [0.717, 1.165) is 6.54 Å². The molecule has 4 heteroatoms. The molecule has 3 nitrogen and oxygen atoms in total. The van der Waals surface area contributed by atoms with Gasteiger partial charge in [-0.15, -0.1) is 11.3 Å². The van der Waals surface area contributed by atoms with Gasteiger partial charge >= 0.3 is 0 Å². The molecule has 1 atom stereocenters. The fraction of sp³-hybridized carbons (Fsp3) is 0.500. The smallest absolute Gasteiger partial charge is 0.0524 e. The Labute approximate surface area is 112 Å². The second kappa shape index (κ2) is 4.86. The summed E-state index contributed by atoms with van der Waals surface area (Å²) in [5.74, 6) is 0.666. The molecule has 2 aromatic heterocycles. The van der Waals surface area contributed by atoms with Crippen molar-refractivity contribution in [1.82, 2.24) is 14.7 Å². The van der Waals surface area contributed by atoms with E-state index < -0.39 is 0 Å². The van der Waals surface area contributed by atoms with Crippen molar-refractivity contribution < 1.29 is 0 Å². The summed E-state index contributed by atoms with van der Waals surface area (Å²) in [6, 6.07) is 4.48. The molecule has 1 unspecified atom stereocenters. The van der Waals surface area contributed by atoms with Gasteiger partial charge in [0.25, 0.3) is 0 Å². The highest BCUT2D eigenvalue weighted by atomic mass is 32.1. The summed E-state index contributed by atoms with van der Waals surface area (Å²) >= 11 is 1.92. The third-order valence-electron chi connectivity index (χ3n) is 3.64. The highest BCUT2D eigenvalue weighted by Crippen LogP contribution is 2.28. The second-order valence-corrected chi connectivity index (χ2v) is 6.55. The second-order valence-electron chi connectivity index (χ2n) is 5.18. The van der Waals surface area contributed by atoms with Crippen molar-refractivity contribution >= 4 is 11.3 Å². The van der Waals surface area contributed by atoms with Crippen LogP contribution < -0.4 is 0 Å². The number of aromatic nitrogens is 2. The third-order valence-corrected chi connectivity index (χ3v) is 4.63. The van der Waals surface area contributed by atoms with Crippen molar-refractivity contribution in [3.63, 3.8) is 0 Å². The molecule has 96 valence electrons. The van der Waals surface area contributed by atoms with Gasteiger partial charge < -0.3 is 0 Å². The fourth-order valence-electron chi connectivity index (χ4n) is 2.69. The maximum absolute atomic E-state index is 4.27. The van der Waals surface area contributed by atoms with Crippen molar-refractivity contribution in [2.24, 2.45) is 7.05 Å². The van der Waals surface area contributed by atoms with E-state index in [1.807, 2.05) is 29.3 Å². The van der Waals surface area contributed by atoms with E-state index in [0.29, 0.717) is 5.92 Å². The largest absolute Gasteiger partial charge is 0.298 e. The van der Waals surface area contributed by atoms with E-state index >= 15 is 0 Å². The summed E-state index contributed by atoms with van der Waals surface area (Å²) in [5, 5.41) is 4.27. The number of hydrogen-bond acceptors (Lipinski definition) is 3. The van der Waals surface area contributed by atoms with Crippen LogP contribution in [0.15, 0.2) is 24.5 Å². The summed E-state index contributed by atoms with van der Waals surface area (Å²) in [5.41, 5.74) is 1.39. The van der Waals surface area contributed by atoms with Crippen LogP contribution in [0.4, 0.5) is 0 Å². The van der Waals surface area contributed by atoms with E-state index in [9.17, 15) is 0 Å². The van der Waals surface area contributed by atoms with Gasteiger partial charge in [-0.1, -0.05) is 0 Å². The number of likely N-dealkylation sites (tertiary alicyclic amines) is 1. The van der Waals surface area contributed by atoms with E-state index in [1.54, 1.807) is 0 Å². The van der Waals surface area contributed by atoms with Crippen molar-refractivity contribution in [1.29, 1.82) is 0 Å². The number of thiophene rings is 1. The molecule has 2 aromatic rings. The molecule has 0 bridgehead atoms. The van der Waals surface area contributed by atoms with Crippen LogP contribution in [0.3, 0.4) is 0 Å².